The van der Waals surface area contributed by atoms with Crippen molar-refractivity contribution in [1.82, 2.24) is 0 Å². The number of halogens is 2. The van der Waals surface area contributed by atoms with Crippen molar-refractivity contribution in [3.05, 3.63) is 82.7 Å². The maximum Gasteiger partial charge on any atom is 0.213 e. The van der Waals surface area contributed by atoms with E-state index in [0.29, 0.717) is 5.02 Å². The van der Waals surface area contributed by atoms with E-state index in [0.717, 1.165) is 63.4 Å². The SMILES string of the molecule is COc1ccc2oc(-c3ccc(Cl)cc3)cc(=[NH+]CCc3ccc(OC)c(OC)c3)c2c1.[O-][Cl+3]([O-])([O-])[O-]. The lowest BCUT2D eigenvalue weighted by Crippen LogP contribution is -2.77. The summed E-state index contributed by atoms with van der Waals surface area (Å²) < 4.78 is 56.3. The summed E-state index contributed by atoms with van der Waals surface area (Å²) in [5, 5.41) is 2.61. The number of hydrogen-bond donors (Lipinski definition) is 1. The third-order valence-electron chi connectivity index (χ3n) is 5.28. The van der Waals surface area contributed by atoms with Crippen LogP contribution in [0.4, 0.5) is 0 Å². The Labute approximate surface area is 220 Å². The van der Waals surface area contributed by atoms with E-state index in [1.165, 1.54) is 0 Å². The molecule has 0 saturated carbocycles. The quantitative estimate of drug-likeness (QED) is 0.316. The molecule has 9 nitrogen and oxygen atoms in total. The molecule has 1 aromatic heterocycles. The summed E-state index contributed by atoms with van der Waals surface area (Å²) in [6.07, 6.45) is 0.814. The molecule has 0 radical (unpaired) electrons. The van der Waals surface area contributed by atoms with Crippen LogP contribution in [0, 0.1) is 10.2 Å². The highest BCUT2D eigenvalue weighted by Crippen LogP contribution is 2.28. The third kappa shape index (κ3) is 8.36. The largest absolute Gasteiger partial charge is 0.497 e. The molecular formula is C26H25Cl2NO8. The highest BCUT2D eigenvalue weighted by Gasteiger charge is 2.11. The molecule has 0 atom stereocenters. The van der Waals surface area contributed by atoms with Crippen molar-refractivity contribution in [2.24, 2.45) is 0 Å². The zero-order chi connectivity index (χ0) is 27.0. The van der Waals surface area contributed by atoms with Gasteiger partial charge in [-0.1, -0.05) is 17.7 Å². The summed E-state index contributed by atoms with van der Waals surface area (Å²) in [5.41, 5.74) is 2.87. The molecule has 0 spiro atoms. The molecule has 196 valence electrons. The molecule has 3 aromatic carbocycles. The highest BCUT2D eigenvalue weighted by atomic mass is 35.7. The second-order valence-electron chi connectivity index (χ2n) is 7.64. The average molecular weight is 550 g/mol. The monoisotopic (exact) mass is 549 g/mol. The van der Waals surface area contributed by atoms with Gasteiger partial charge in [-0.3, -0.25) is 0 Å². The van der Waals surface area contributed by atoms with E-state index in [1.54, 1.807) is 21.3 Å². The fourth-order valence-corrected chi connectivity index (χ4v) is 3.70. The summed E-state index contributed by atoms with van der Waals surface area (Å²) in [7, 11) is -0.00703. The molecule has 0 fully saturated rings. The normalized spacial score (nSPS) is 11.6. The Morgan fingerprint density at radius 2 is 1.49 bits per heavy atom. The molecule has 0 aliphatic heterocycles. The number of rotatable bonds is 7. The lowest BCUT2D eigenvalue weighted by Gasteiger charge is -2.17. The summed E-state index contributed by atoms with van der Waals surface area (Å²) in [6.45, 7) is 0.728. The van der Waals surface area contributed by atoms with Gasteiger partial charge in [0.15, 0.2) is 11.5 Å². The van der Waals surface area contributed by atoms with Crippen LogP contribution < -0.4 is 43.2 Å². The Hall–Kier alpha value is -3.31. The molecule has 0 aliphatic carbocycles. The van der Waals surface area contributed by atoms with E-state index in [9.17, 15) is 0 Å². The Morgan fingerprint density at radius 3 is 2.11 bits per heavy atom. The van der Waals surface area contributed by atoms with Crippen LogP contribution in [0.1, 0.15) is 5.56 Å². The van der Waals surface area contributed by atoms with Crippen LogP contribution in [-0.2, 0) is 6.42 Å². The standard InChI is InChI=1S/C26H24ClNO4.ClHO4/c1-29-20-9-11-23-21(15-20)22(16-25(32-23)18-5-7-19(27)8-6-18)28-13-12-17-4-10-24(30-2)26(14-17)31-3;2-1(3,4)5/h4-11,14-16H,12-13H2,1-3H3;(H,2,3,4,5). The summed E-state index contributed by atoms with van der Waals surface area (Å²) in [4.78, 5) is 3.56. The molecule has 37 heavy (non-hydrogen) atoms. The van der Waals surface area contributed by atoms with Crippen molar-refractivity contribution in [3.63, 3.8) is 0 Å². The number of benzene rings is 3. The van der Waals surface area contributed by atoms with Gasteiger partial charge in [0.2, 0.25) is 5.36 Å². The Morgan fingerprint density at radius 1 is 0.811 bits per heavy atom. The van der Waals surface area contributed by atoms with E-state index < -0.39 is 10.2 Å². The lowest BCUT2D eigenvalue weighted by atomic mass is 10.1. The van der Waals surface area contributed by atoms with Gasteiger partial charge in [-0.2, -0.15) is 0 Å². The molecule has 0 saturated heterocycles. The lowest BCUT2D eigenvalue weighted by molar-refractivity contribution is -2.00. The van der Waals surface area contributed by atoms with Crippen molar-refractivity contribution in [3.8, 4) is 28.6 Å². The van der Waals surface area contributed by atoms with E-state index >= 15 is 0 Å². The molecular weight excluding hydrogens is 525 g/mol. The fraction of sp³-hybridized carbons (Fsp3) is 0.192. The maximum atomic E-state index is 8.49. The Bertz CT molecular complexity index is 1390. The molecule has 1 N–H and O–H groups in total. The molecule has 0 bridgehead atoms. The zero-order valence-corrected chi connectivity index (χ0v) is 21.8. The van der Waals surface area contributed by atoms with Gasteiger partial charge in [0.05, 0.1) is 32.8 Å². The minimum absolute atomic E-state index is 0.688. The summed E-state index contributed by atoms with van der Waals surface area (Å²) in [5.74, 6) is 2.98. The van der Waals surface area contributed by atoms with Crippen molar-refractivity contribution in [1.29, 1.82) is 0 Å². The number of methoxy groups -OCH3 is 3. The molecule has 4 rings (SSSR count). The highest BCUT2D eigenvalue weighted by molar-refractivity contribution is 6.30. The summed E-state index contributed by atoms with van der Waals surface area (Å²) in [6, 6.07) is 21.4. The average Bonchev–Trinajstić information content (AvgIpc) is 2.87. The van der Waals surface area contributed by atoms with Gasteiger partial charge in [-0.25, -0.2) is 23.6 Å². The van der Waals surface area contributed by atoms with Crippen LogP contribution in [0.2, 0.25) is 5.02 Å². The van der Waals surface area contributed by atoms with Crippen LogP contribution >= 0.6 is 11.6 Å². The van der Waals surface area contributed by atoms with E-state index in [2.05, 4.69) is 4.99 Å². The fourth-order valence-electron chi connectivity index (χ4n) is 3.57. The van der Waals surface area contributed by atoms with Gasteiger partial charge < -0.3 is 18.6 Å². The Kier molecular flexibility index (Phi) is 9.76. The van der Waals surface area contributed by atoms with Gasteiger partial charge in [-0.15, -0.1) is 10.2 Å². The number of hydrogen-bond acceptors (Lipinski definition) is 8. The first-order chi connectivity index (χ1) is 17.6. The van der Waals surface area contributed by atoms with Crippen LogP contribution in [0.25, 0.3) is 22.3 Å². The molecule has 1 heterocycles. The predicted molar refractivity (Wildman–Crippen MR) is 125 cm³/mol. The van der Waals surface area contributed by atoms with Gasteiger partial charge in [0.25, 0.3) is 0 Å². The smallest absolute Gasteiger partial charge is 0.213 e. The number of ether oxygens (including phenoxy) is 3. The van der Waals surface area contributed by atoms with Crippen molar-refractivity contribution >= 4 is 22.6 Å². The first-order valence-electron chi connectivity index (χ1n) is 10.9. The van der Waals surface area contributed by atoms with E-state index in [-0.39, 0.29) is 0 Å². The van der Waals surface area contributed by atoms with Gasteiger partial charge in [0, 0.05) is 17.0 Å². The van der Waals surface area contributed by atoms with Crippen molar-refractivity contribution in [2.75, 3.05) is 27.9 Å². The molecule has 0 amide bonds. The number of nitrogens with one attached hydrogen (secondary N) is 1. The number of fused-ring (bicyclic) bond motifs is 1. The Balaban J connectivity index is 0.000000695. The van der Waals surface area contributed by atoms with E-state index in [4.69, 9.17) is 48.9 Å². The summed E-state index contributed by atoms with van der Waals surface area (Å²) >= 11 is 6.05. The van der Waals surface area contributed by atoms with Crippen LogP contribution in [0.15, 0.2) is 71.1 Å². The minimum Gasteiger partial charge on any atom is -0.497 e. The predicted octanol–water partition coefficient (Wildman–Crippen LogP) is -0.753. The molecule has 4 aromatic rings. The van der Waals surface area contributed by atoms with Gasteiger partial charge in [0.1, 0.15) is 23.6 Å². The van der Waals surface area contributed by atoms with Gasteiger partial charge in [-0.05, 0) is 60.2 Å². The minimum atomic E-state index is -4.94. The van der Waals surface area contributed by atoms with Crippen molar-refractivity contribution in [2.45, 2.75) is 6.42 Å². The van der Waals surface area contributed by atoms with Gasteiger partial charge >= 0.3 is 0 Å². The third-order valence-corrected chi connectivity index (χ3v) is 5.53. The van der Waals surface area contributed by atoms with E-state index in [1.807, 2.05) is 66.7 Å². The first kappa shape index (κ1) is 28.3. The van der Waals surface area contributed by atoms with Crippen molar-refractivity contribution < 1.29 is 52.5 Å². The topological polar surface area (TPSA) is 147 Å². The van der Waals surface area contributed by atoms with Crippen LogP contribution in [0.5, 0.6) is 17.2 Å². The maximum absolute atomic E-state index is 8.49. The second kappa shape index (κ2) is 12.8. The first-order valence-corrected chi connectivity index (χ1v) is 12.5. The molecule has 0 unspecified atom stereocenters. The zero-order valence-electron chi connectivity index (χ0n) is 20.3. The van der Waals surface area contributed by atoms with Crippen LogP contribution in [0.3, 0.4) is 0 Å². The second-order valence-corrected chi connectivity index (χ2v) is 8.83. The van der Waals surface area contributed by atoms with Crippen LogP contribution in [-0.4, -0.2) is 27.9 Å². The molecule has 0 aliphatic rings. The molecule has 11 heteroatoms.